The van der Waals surface area contributed by atoms with Crippen LogP contribution < -0.4 is 10.2 Å². The number of rotatable bonds is 3. The minimum Gasteiger partial charge on any atom is -0.561 e. The molecule has 0 aliphatic rings. The normalized spacial score (nSPS) is 9.60. The Morgan fingerprint density at radius 3 is 1.47 bits per heavy atom. The number of carboxylic acid groups (broad SMARTS) is 2. The Kier molecular flexibility index (Phi) is 2.70. The van der Waals surface area contributed by atoms with Gasteiger partial charge >= 0.3 is 5.97 Å². The van der Waals surface area contributed by atoms with Crippen molar-refractivity contribution in [2.75, 3.05) is 0 Å². The molecule has 0 saturated carbocycles. The van der Waals surface area contributed by atoms with Gasteiger partial charge in [-0.2, -0.15) is 0 Å². The Morgan fingerprint density at radius 1 is 0.867 bits per heavy atom. The fourth-order valence-corrected chi connectivity index (χ4v) is 0.994. The van der Waals surface area contributed by atoms with Crippen molar-refractivity contribution in [1.82, 2.24) is 0 Å². The molecule has 15 heavy (non-hydrogen) atoms. The third-order valence-electron chi connectivity index (χ3n) is 1.67. The lowest BCUT2D eigenvalue weighted by atomic mass is 10.1. The third kappa shape index (κ3) is 2.31. The van der Waals surface area contributed by atoms with Crippen LogP contribution in [-0.4, -0.2) is 23.0 Å². The van der Waals surface area contributed by atoms with Gasteiger partial charge in [-0.25, -0.2) is 0 Å². The first-order valence-corrected chi connectivity index (χ1v) is 3.75. The minimum absolute atomic E-state index is 0.337. The van der Waals surface area contributed by atoms with Crippen LogP contribution in [0.15, 0.2) is 18.2 Å². The van der Waals surface area contributed by atoms with Gasteiger partial charge in [-0.1, -0.05) is 0 Å². The van der Waals surface area contributed by atoms with Crippen LogP contribution in [0.4, 0.5) is 0 Å². The van der Waals surface area contributed by atoms with Crippen LogP contribution in [0.5, 0.6) is 0 Å². The Bertz CT molecular complexity index is 369. The summed E-state index contributed by atoms with van der Waals surface area (Å²) in [6.07, 6.45) is 0. The van der Waals surface area contributed by atoms with Crippen LogP contribution in [0.1, 0.15) is 31.1 Å². The number of hydrogen-bond acceptors (Lipinski definition) is 5. The van der Waals surface area contributed by atoms with E-state index in [1.54, 1.807) is 0 Å². The van der Waals surface area contributed by atoms with Crippen molar-refractivity contribution in [2.24, 2.45) is 0 Å². The average Bonchev–Trinajstić information content (AvgIpc) is 2.16. The third-order valence-corrected chi connectivity index (χ3v) is 1.67. The first-order chi connectivity index (χ1) is 6.91. The van der Waals surface area contributed by atoms with Crippen molar-refractivity contribution < 1.29 is 29.7 Å². The van der Waals surface area contributed by atoms with E-state index in [2.05, 4.69) is 0 Å². The number of carboxylic acids is 2. The summed E-state index contributed by atoms with van der Waals surface area (Å²) < 4.78 is 0. The zero-order chi connectivity index (χ0) is 11.6. The van der Waals surface area contributed by atoms with Gasteiger partial charge in [0.25, 0.3) is 0 Å². The molecule has 0 spiro atoms. The molecule has 0 amide bonds. The highest BCUT2D eigenvalue weighted by Gasteiger charge is 2.14. The van der Waals surface area contributed by atoms with Gasteiger partial charge in [0.05, 0.1) is 11.9 Å². The van der Waals surface area contributed by atoms with E-state index in [1.165, 1.54) is 0 Å². The zero-order valence-corrected chi connectivity index (χ0v) is 7.27. The monoisotopic (exact) mass is 209 g/mol. The predicted molar refractivity (Wildman–Crippen MR) is 43.0 cm³/mol. The van der Waals surface area contributed by atoms with Crippen LogP contribution >= 0.6 is 0 Å². The molecule has 6 heteroatoms. The highest BCUT2D eigenvalue weighted by molar-refractivity contribution is 5.97. The van der Waals surface area contributed by atoms with Gasteiger partial charge in [-0.3, -0.25) is 0 Å². The summed E-state index contributed by atoms with van der Waals surface area (Å²) in [6, 6.07) is 2.55. The molecule has 0 atom stereocenters. The zero-order valence-electron chi connectivity index (χ0n) is 7.27. The van der Waals surface area contributed by atoms with Crippen molar-refractivity contribution in [3.8, 4) is 0 Å². The molecule has 0 saturated heterocycles. The van der Waals surface area contributed by atoms with E-state index in [1.807, 2.05) is 0 Å². The molecule has 1 aromatic carbocycles. The van der Waals surface area contributed by atoms with Gasteiger partial charge in [0.1, 0.15) is 5.56 Å². The summed E-state index contributed by atoms with van der Waals surface area (Å²) in [5, 5.41) is 27.6. The van der Waals surface area contributed by atoms with Crippen LogP contribution in [-0.2, 0) is 0 Å². The summed E-state index contributed by atoms with van der Waals surface area (Å²) in [5.41, 5.74) is -1.30. The number of benzene rings is 1. The molecular weight excluding hydrogens is 204 g/mol. The van der Waals surface area contributed by atoms with E-state index in [-0.39, 0.29) is 5.56 Å². The van der Waals surface area contributed by atoms with Gasteiger partial charge in [-0.15, -0.1) is 0 Å². The number of carbonyl (C=O) groups is 3. The summed E-state index contributed by atoms with van der Waals surface area (Å²) in [6.45, 7) is 0. The second kappa shape index (κ2) is 3.79. The number of aromatic carboxylic acids is 2. The quantitative estimate of drug-likeness (QED) is 0.500. The van der Waals surface area contributed by atoms with Crippen LogP contribution in [0, 0.1) is 0 Å². The average molecular weight is 209 g/mol. The second-order valence-corrected chi connectivity index (χ2v) is 2.70. The Morgan fingerprint density at radius 2 is 1.20 bits per heavy atom. The molecule has 0 aliphatic carbocycles. The first kappa shape index (κ1) is 10.7. The molecule has 0 unspecified atom stereocenters. The fraction of sp³-hybridized carbons (Fsp3) is 0. The Labute approximate surface area is 83.4 Å². The maximum absolute atomic E-state index is 10.6. The van der Waals surface area contributed by atoms with Gasteiger partial charge in [0.2, 0.25) is 0 Å². The molecule has 0 aromatic heterocycles. The van der Waals surface area contributed by atoms with Gasteiger partial charge in [-0.05, 0) is 29.3 Å². The molecule has 78 valence electrons. The molecule has 0 heterocycles. The molecule has 0 bridgehead atoms. The summed E-state index contributed by atoms with van der Waals surface area (Å²) in [7, 11) is 0. The van der Waals surface area contributed by atoms with E-state index < -0.39 is 29.0 Å². The molecular formula is C9H5O6-. The maximum Gasteiger partial charge on any atom is 0.549 e. The highest BCUT2D eigenvalue weighted by Crippen LogP contribution is 2.09. The van der Waals surface area contributed by atoms with Crippen LogP contribution in [0.25, 0.3) is 0 Å². The molecule has 1 aromatic rings. The topological polar surface area (TPSA) is 120 Å². The lowest BCUT2D eigenvalue weighted by Crippen LogP contribution is -2.26. The highest BCUT2D eigenvalue weighted by atomic mass is 16.4. The summed E-state index contributed by atoms with van der Waals surface area (Å²) in [4.78, 5) is 31.5. The molecule has 6 nitrogen and oxygen atoms in total. The smallest absolute Gasteiger partial charge is 0.549 e. The number of hydrogen-bond donors (Lipinski definition) is 0. The molecule has 0 radical (unpaired) electrons. The lowest BCUT2D eigenvalue weighted by molar-refractivity contribution is -0.255. The Balaban J connectivity index is 3.39. The van der Waals surface area contributed by atoms with E-state index in [0.717, 1.165) is 18.2 Å². The molecule has 2 N–H and O–H groups in total. The van der Waals surface area contributed by atoms with Gasteiger partial charge in [0, 0.05) is 4.79 Å². The van der Waals surface area contributed by atoms with Crippen molar-refractivity contribution in [3.63, 3.8) is 0 Å². The minimum atomic E-state index is -1.62. The standard InChI is InChI=1S/C9H6O6/c10-7(11)4-1-5(8(12)13)3-6(2-4)9(14)15/h1-3H,(H,10,11)(H,12,13)(H,14,15)/p-1. The Hall–Kier alpha value is -2.37. The molecule has 0 aliphatic heterocycles. The van der Waals surface area contributed by atoms with E-state index in [9.17, 15) is 24.6 Å². The van der Waals surface area contributed by atoms with Crippen molar-refractivity contribution in [3.05, 3.63) is 34.9 Å². The van der Waals surface area contributed by atoms with Gasteiger partial charge < -0.3 is 24.9 Å². The molecule has 0 fully saturated rings. The van der Waals surface area contributed by atoms with E-state index in [0.29, 0.717) is 0 Å². The van der Waals surface area contributed by atoms with Crippen LogP contribution in [0.3, 0.4) is 0 Å². The lowest BCUT2D eigenvalue weighted by Gasteiger charge is -2.07. The van der Waals surface area contributed by atoms with E-state index in [4.69, 9.17) is 5.11 Å². The number of carbonyl (C=O) groups excluding carboxylic acids is 3. The van der Waals surface area contributed by atoms with Crippen molar-refractivity contribution in [1.29, 1.82) is 0 Å². The van der Waals surface area contributed by atoms with Crippen molar-refractivity contribution in [2.45, 2.75) is 0 Å². The predicted octanol–water partition coefficient (Wildman–Crippen LogP) is -2.72. The fourth-order valence-electron chi connectivity index (χ4n) is 0.994. The SMILES string of the molecule is O=C([O-])c1cc(C(=O)[O-])cc(C(=O)[OH2+])c1. The summed E-state index contributed by atoms with van der Waals surface area (Å²) in [5.74, 6) is -4.43. The molecule has 1 rings (SSSR count). The second-order valence-electron chi connectivity index (χ2n) is 2.70. The largest absolute Gasteiger partial charge is 0.561 e. The first-order valence-electron chi connectivity index (χ1n) is 3.75. The maximum atomic E-state index is 10.6. The van der Waals surface area contributed by atoms with E-state index >= 15 is 0 Å². The van der Waals surface area contributed by atoms with Gasteiger partial charge in [0.15, 0.2) is 0 Å². The van der Waals surface area contributed by atoms with Crippen LogP contribution in [0.2, 0.25) is 0 Å². The summed E-state index contributed by atoms with van der Waals surface area (Å²) >= 11 is 0. The van der Waals surface area contributed by atoms with Crippen molar-refractivity contribution >= 4 is 17.9 Å².